The Hall–Kier alpha value is -1.47. The van der Waals surface area contributed by atoms with E-state index in [0.717, 1.165) is 18.4 Å². The molecule has 0 amide bonds. The number of carboxylic acids is 1. The van der Waals surface area contributed by atoms with E-state index in [0.29, 0.717) is 19.6 Å². The number of carboxylic acid groups (broad SMARTS) is 1. The van der Waals surface area contributed by atoms with Crippen LogP contribution in [0.5, 0.6) is 0 Å². The van der Waals surface area contributed by atoms with Gasteiger partial charge in [-0.3, -0.25) is 0 Å². The number of rotatable bonds is 10. The highest BCUT2D eigenvalue weighted by molar-refractivity contribution is 6.74. The largest absolute Gasteiger partial charge is 0.479 e. The van der Waals surface area contributed by atoms with E-state index in [4.69, 9.17) is 9.16 Å². The summed E-state index contributed by atoms with van der Waals surface area (Å²) in [4.78, 5) is 11.4. The van der Waals surface area contributed by atoms with Crippen molar-refractivity contribution < 1.29 is 24.2 Å². The van der Waals surface area contributed by atoms with Crippen molar-refractivity contribution in [1.29, 1.82) is 0 Å². The summed E-state index contributed by atoms with van der Waals surface area (Å²) < 4.78 is 12.7. The van der Waals surface area contributed by atoms with Crippen molar-refractivity contribution in [3.05, 3.63) is 48.0 Å². The van der Waals surface area contributed by atoms with Gasteiger partial charge in [-0.15, -0.1) is 0 Å². The highest BCUT2D eigenvalue weighted by Crippen LogP contribution is 2.45. The average Bonchev–Trinajstić information content (AvgIpc) is 2.69. The van der Waals surface area contributed by atoms with Gasteiger partial charge in [0.15, 0.2) is 13.9 Å². The average molecular weight is 449 g/mol. The number of ether oxygens (including phenoxy) is 1. The Balaban J connectivity index is 2.07. The molecule has 2 rings (SSSR count). The molecule has 174 valence electrons. The Morgan fingerprint density at radius 1 is 1.16 bits per heavy atom. The third-order valence-electron chi connectivity index (χ3n) is 7.00. The van der Waals surface area contributed by atoms with Gasteiger partial charge < -0.3 is 19.4 Å². The fraction of sp³-hybridized carbons (Fsp3) is 0.640. The topological polar surface area (TPSA) is 76.0 Å². The lowest BCUT2D eigenvalue weighted by Crippen LogP contribution is -2.50. The van der Waals surface area contributed by atoms with E-state index >= 15 is 0 Å². The van der Waals surface area contributed by atoms with Gasteiger partial charge in [0.05, 0.1) is 12.7 Å². The van der Waals surface area contributed by atoms with Crippen molar-refractivity contribution in [2.75, 3.05) is 6.61 Å². The molecule has 0 radical (unpaired) electrons. The molecule has 1 aliphatic rings. The normalized spacial score (nSPS) is 25.4. The second kappa shape index (κ2) is 9.99. The molecule has 3 atom stereocenters. The third kappa shape index (κ3) is 6.75. The Kier molecular flexibility index (Phi) is 8.31. The molecule has 0 bridgehead atoms. The first-order valence-corrected chi connectivity index (χ1v) is 14.2. The molecule has 0 heterocycles. The summed E-state index contributed by atoms with van der Waals surface area (Å²) >= 11 is 0. The van der Waals surface area contributed by atoms with Crippen molar-refractivity contribution >= 4 is 14.3 Å². The van der Waals surface area contributed by atoms with Crippen molar-refractivity contribution in [2.24, 2.45) is 5.41 Å². The van der Waals surface area contributed by atoms with Gasteiger partial charge in [-0.1, -0.05) is 64.1 Å². The maximum Gasteiger partial charge on any atom is 0.339 e. The van der Waals surface area contributed by atoms with Crippen LogP contribution in [0, 0.1) is 5.41 Å². The molecule has 0 spiro atoms. The van der Waals surface area contributed by atoms with E-state index in [2.05, 4.69) is 52.9 Å². The molecule has 1 aromatic rings. The van der Waals surface area contributed by atoms with Crippen LogP contribution in [0.25, 0.3) is 0 Å². The molecular formula is C25H40O5Si. The molecule has 6 heteroatoms. The van der Waals surface area contributed by atoms with Gasteiger partial charge >= 0.3 is 5.97 Å². The van der Waals surface area contributed by atoms with E-state index < -0.39 is 19.9 Å². The maximum atomic E-state index is 11.4. The van der Waals surface area contributed by atoms with Crippen LogP contribution in [-0.2, 0) is 20.6 Å². The van der Waals surface area contributed by atoms with Crippen LogP contribution in [0.3, 0.4) is 0 Å². The predicted molar refractivity (Wildman–Crippen MR) is 126 cm³/mol. The number of carbonyl (C=O) groups is 1. The number of hydrogen-bond acceptors (Lipinski definition) is 4. The van der Waals surface area contributed by atoms with Crippen molar-refractivity contribution in [3.63, 3.8) is 0 Å². The van der Waals surface area contributed by atoms with Crippen molar-refractivity contribution in [3.8, 4) is 0 Å². The zero-order chi connectivity index (χ0) is 23.3. The van der Waals surface area contributed by atoms with Crippen LogP contribution >= 0.6 is 0 Å². The molecule has 0 saturated carbocycles. The molecule has 31 heavy (non-hydrogen) atoms. The summed E-state index contributed by atoms with van der Waals surface area (Å²) in [7, 11) is -2.03. The Morgan fingerprint density at radius 2 is 1.81 bits per heavy atom. The molecule has 0 fully saturated rings. The van der Waals surface area contributed by atoms with Crippen LogP contribution in [0.2, 0.25) is 18.1 Å². The summed E-state index contributed by atoms with van der Waals surface area (Å²) in [6.07, 6.45) is 5.71. The van der Waals surface area contributed by atoms with Crippen LogP contribution in [0.15, 0.2) is 42.5 Å². The predicted octanol–water partition coefficient (Wildman–Crippen LogP) is 5.55. The van der Waals surface area contributed by atoms with Crippen LogP contribution in [0.4, 0.5) is 0 Å². The number of benzene rings is 1. The van der Waals surface area contributed by atoms with Gasteiger partial charge in [-0.2, -0.15) is 0 Å². The number of aliphatic hydroxyl groups is 1. The second-order valence-electron chi connectivity index (χ2n) is 10.6. The monoisotopic (exact) mass is 448 g/mol. The smallest absolute Gasteiger partial charge is 0.339 e. The minimum absolute atomic E-state index is 0.0525. The molecule has 5 nitrogen and oxygen atoms in total. The Bertz CT molecular complexity index is 755. The van der Waals surface area contributed by atoms with Gasteiger partial charge in [0.2, 0.25) is 0 Å². The molecule has 1 aromatic carbocycles. The number of hydrogen-bond donors (Lipinski definition) is 2. The lowest BCUT2D eigenvalue weighted by Gasteiger charge is -2.46. The molecule has 0 saturated heterocycles. The van der Waals surface area contributed by atoms with E-state index in [-0.39, 0.29) is 23.0 Å². The fourth-order valence-electron chi connectivity index (χ4n) is 3.59. The summed E-state index contributed by atoms with van der Waals surface area (Å²) in [6.45, 7) is 14.5. The zero-order valence-corrected chi connectivity index (χ0v) is 21.0. The van der Waals surface area contributed by atoms with E-state index in [1.165, 1.54) is 6.08 Å². The first-order valence-electron chi connectivity index (χ1n) is 11.2. The Labute approximate surface area is 188 Å². The van der Waals surface area contributed by atoms with Crippen LogP contribution in [0.1, 0.15) is 58.9 Å². The summed E-state index contributed by atoms with van der Waals surface area (Å²) in [5, 5.41) is 19.8. The number of aliphatic carboxylic acids is 1. The van der Waals surface area contributed by atoms with Gasteiger partial charge in [0.25, 0.3) is 0 Å². The van der Waals surface area contributed by atoms with Gasteiger partial charge in [0, 0.05) is 12.0 Å². The summed E-state index contributed by atoms with van der Waals surface area (Å²) in [6, 6.07) is 10.1. The lowest BCUT2D eigenvalue weighted by molar-refractivity contribution is -0.155. The summed E-state index contributed by atoms with van der Waals surface area (Å²) in [5.41, 5.74) is -0.942. The molecule has 1 aliphatic carbocycles. The van der Waals surface area contributed by atoms with E-state index in [1.54, 1.807) is 0 Å². The standard InChI is InChI=1S/C25H40O5Si/c1-23(2,3)31(5,6)30-21(13-10-18-29-19-20-11-8-7-9-12-20)24(4)14-16-25(28,17-15-24)22(26)27/h7-9,11-12,14,16,21,28H,10,13,15,17-19H2,1-6H3,(H,26,27)/t21-,24+,25?/m0/s1. The maximum absolute atomic E-state index is 11.4. The quantitative estimate of drug-likeness (QED) is 0.279. The minimum atomic E-state index is -2.03. The van der Waals surface area contributed by atoms with Gasteiger partial charge in [0.1, 0.15) is 0 Å². The SMILES string of the molecule is CC(C)(C)[Si](C)(C)O[C@@H](CCCOCc1ccccc1)[C@]1(C)C=CC(O)(C(=O)O)CC1. The summed E-state index contributed by atoms with van der Waals surface area (Å²) in [5.74, 6) is -1.19. The highest BCUT2D eigenvalue weighted by Gasteiger charge is 2.47. The fourth-order valence-corrected chi connectivity index (χ4v) is 5.04. The van der Waals surface area contributed by atoms with Crippen LogP contribution < -0.4 is 0 Å². The second-order valence-corrected chi connectivity index (χ2v) is 15.4. The lowest BCUT2D eigenvalue weighted by atomic mass is 9.71. The first-order chi connectivity index (χ1) is 14.3. The minimum Gasteiger partial charge on any atom is -0.479 e. The molecular weight excluding hydrogens is 408 g/mol. The van der Waals surface area contributed by atoms with Gasteiger partial charge in [-0.25, -0.2) is 4.79 Å². The first kappa shape index (κ1) is 25.8. The zero-order valence-electron chi connectivity index (χ0n) is 20.0. The molecule has 1 unspecified atom stereocenters. The van der Waals surface area contributed by atoms with Crippen LogP contribution in [-0.4, -0.2) is 42.8 Å². The molecule has 0 aliphatic heterocycles. The Morgan fingerprint density at radius 3 is 2.32 bits per heavy atom. The molecule has 0 aromatic heterocycles. The molecule has 2 N–H and O–H groups in total. The third-order valence-corrected chi connectivity index (χ3v) is 11.5. The van der Waals surface area contributed by atoms with Crippen molar-refractivity contribution in [2.45, 2.75) is 89.8 Å². The van der Waals surface area contributed by atoms with E-state index in [9.17, 15) is 15.0 Å². The van der Waals surface area contributed by atoms with Gasteiger partial charge in [-0.05, 0) is 55.5 Å². The highest BCUT2D eigenvalue weighted by atomic mass is 28.4. The van der Waals surface area contributed by atoms with Crippen molar-refractivity contribution in [1.82, 2.24) is 0 Å². The van der Waals surface area contributed by atoms with E-state index in [1.807, 2.05) is 24.3 Å².